The van der Waals surface area contributed by atoms with Crippen LogP contribution in [0, 0.1) is 11.3 Å². The SMILES string of the molecule is FC(F)(F)C1(c2nnc(C34CC(C5CNC5)(C3)C4)s2)CC1. The summed E-state index contributed by atoms with van der Waals surface area (Å²) in [4.78, 5) is 0. The molecular weight excluding hydrogens is 299 g/mol. The lowest BCUT2D eigenvalue weighted by molar-refractivity contribution is -0.191. The summed E-state index contributed by atoms with van der Waals surface area (Å²) < 4.78 is 39.4. The highest BCUT2D eigenvalue weighted by Gasteiger charge is 2.73. The molecule has 1 aliphatic heterocycles. The van der Waals surface area contributed by atoms with Crippen LogP contribution in [0.15, 0.2) is 0 Å². The Hall–Kier alpha value is -0.690. The second-order valence-electron chi connectivity index (χ2n) is 7.52. The quantitative estimate of drug-likeness (QED) is 0.932. The Morgan fingerprint density at radius 2 is 1.67 bits per heavy atom. The molecule has 4 aliphatic carbocycles. The lowest BCUT2D eigenvalue weighted by Crippen LogP contribution is -2.72. The van der Waals surface area contributed by atoms with Crippen molar-refractivity contribution < 1.29 is 13.2 Å². The fraction of sp³-hybridized carbons (Fsp3) is 0.857. The minimum Gasteiger partial charge on any atom is -0.316 e. The smallest absolute Gasteiger partial charge is 0.316 e. The summed E-state index contributed by atoms with van der Waals surface area (Å²) in [5.41, 5.74) is -1.12. The zero-order chi connectivity index (χ0) is 14.5. The van der Waals surface area contributed by atoms with E-state index < -0.39 is 11.6 Å². The van der Waals surface area contributed by atoms with Gasteiger partial charge in [-0.2, -0.15) is 13.2 Å². The molecule has 0 unspecified atom stereocenters. The molecular formula is C14H16F3N3S. The molecule has 114 valence electrons. The van der Waals surface area contributed by atoms with Gasteiger partial charge in [0.05, 0.1) is 0 Å². The van der Waals surface area contributed by atoms with Gasteiger partial charge in [0.1, 0.15) is 15.4 Å². The van der Waals surface area contributed by atoms with Gasteiger partial charge in [-0.05, 0) is 56.5 Å². The van der Waals surface area contributed by atoms with Crippen molar-refractivity contribution in [1.29, 1.82) is 0 Å². The lowest BCUT2D eigenvalue weighted by Gasteiger charge is -2.74. The van der Waals surface area contributed by atoms with Gasteiger partial charge in [-0.1, -0.05) is 11.3 Å². The molecule has 5 aliphatic rings. The summed E-state index contributed by atoms with van der Waals surface area (Å²) in [6.45, 7) is 2.21. The van der Waals surface area contributed by atoms with Crippen LogP contribution in [0.25, 0.3) is 0 Å². The summed E-state index contributed by atoms with van der Waals surface area (Å²) in [7, 11) is 0. The Bertz CT molecular complexity index is 595. The molecule has 0 spiro atoms. The number of halogens is 3. The maximum atomic E-state index is 13.1. The van der Waals surface area contributed by atoms with Gasteiger partial charge in [0, 0.05) is 5.41 Å². The fourth-order valence-electron chi connectivity index (χ4n) is 4.62. The zero-order valence-electron chi connectivity index (χ0n) is 11.5. The Kier molecular flexibility index (Phi) is 2.11. The lowest BCUT2D eigenvalue weighted by atomic mass is 9.31. The minimum atomic E-state index is -4.18. The molecule has 0 amide bonds. The van der Waals surface area contributed by atoms with Gasteiger partial charge in [0.15, 0.2) is 0 Å². The van der Waals surface area contributed by atoms with Gasteiger partial charge < -0.3 is 5.32 Å². The molecule has 6 rings (SSSR count). The normalized spacial score (nSPS) is 40.1. The molecule has 7 heteroatoms. The first-order valence-electron chi connectivity index (χ1n) is 7.51. The predicted molar refractivity (Wildman–Crippen MR) is 71.2 cm³/mol. The molecule has 1 saturated heterocycles. The third-order valence-corrected chi connectivity index (χ3v) is 7.67. The van der Waals surface area contributed by atoms with E-state index in [0.29, 0.717) is 5.41 Å². The number of nitrogens with one attached hydrogen (secondary N) is 1. The first kappa shape index (κ1) is 12.8. The standard InChI is InChI=1S/C14H16F3N3S/c15-14(16,17)13(1-2-13)10-20-19-9(21-10)12-5-11(6-12,7-12)8-3-18-4-8/h8,18H,1-7H2. The van der Waals surface area contributed by atoms with E-state index in [1.54, 1.807) is 0 Å². The molecule has 0 atom stereocenters. The summed E-state index contributed by atoms with van der Waals surface area (Å²) in [5, 5.41) is 12.5. The average molecular weight is 315 g/mol. The number of hydrogen-bond donors (Lipinski definition) is 1. The molecule has 2 bridgehead atoms. The summed E-state index contributed by atoms with van der Waals surface area (Å²) in [5.74, 6) is 0.775. The van der Waals surface area contributed by atoms with Gasteiger partial charge in [0.2, 0.25) is 0 Å². The molecule has 1 aromatic rings. The topological polar surface area (TPSA) is 37.8 Å². The van der Waals surface area contributed by atoms with Crippen molar-refractivity contribution in [1.82, 2.24) is 15.5 Å². The number of rotatable bonds is 3. The van der Waals surface area contributed by atoms with Crippen LogP contribution >= 0.6 is 11.3 Å². The first-order chi connectivity index (χ1) is 9.89. The van der Waals surface area contributed by atoms with Crippen molar-refractivity contribution in [2.45, 2.75) is 49.1 Å². The van der Waals surface area contributed by atoms with E-state index in [0.717, 1.165) is 43.3 Å². The highest BCUT2D eigenvalue weighted by Crippen LogP contribution is 2.77. The highest BCUT2D eigenvalue weighted by molar-refractivity contribution is 7.11. The number of nitrogens with zero attached hydrogens (tertiary/aromatic N) is 2. The second-order valence-corrected chi connectivity index (χ2v) is 8.50. The largest absolute Gasteiger partial charge is 0.400 e. The second kappa shape index (κ2) is 3.45. The molecule has 0 radical (unpaired) electrons. The van der Waals surface area contributed by atoms with E-state index in [2.05, 4.69) is 15.5 Å². The van der Waals surface area contributed by atoms with Gasteiger partial charge in [-0.15, -0.1) is 10.2 Å². The Balaban J connectivity index is 1.37. The number of alkyl halides is 3. The minimum absolute atomic E-state index is 0.0766. The van der Waals surface area contributed by atoms with Crippen molar-refractivity contribution in [3.8, 4) is 0 Å². The molecule has 2 heterocycles. The van der Waals surface area contributed by atoms with Gasteiger partial charge in [0.25, 0.3) is 0 Å². The van der Waals surface area contributed by atoms with Crippen molar-refractivity contribution in [2.75, 3.05) is 13.1 Å². The van der Waals surface area contributed by atoms with Crippen LogP contribution < -0.4 is 5.32 Å². The molecule has 4 saturated carbocycles. The van der Waals surface area contributed by atoms with Gasteiger partial charge in [-0.25, -0.2) is 0 Å². The molecule has 21 heavy (non-hydrogen) atoms. The van der Waals surface area contributed by atoms with E-state index in [-0.39, 0.29) is 23.3 Å². The van der Waals surface area contributed by atoms with Crippen LogP contribution in [-0.4, -0.2) is 29.5 Å². The zero-order valence-corrected chi connectivity index (χ0v) is 12.3. The number of hydrogen-bond acceptors (Lipinski definition) is 4. The van der Waals surface area contributed by atoms with Crippen molar-refractivity contribution >= 4 is 11.3 Å². The van der Waals surface area contributed by atoms with Crippen LogP contribution in [0.1, 0.15) is 42.1 Å². The Labute approximate surface area is 124 Å². The van der Waals surface area contributed by atoms with E-state index in [1.807, 2.05) is 0 Å². The van der Waals surface area contributed by atoms with E-state index in [1.165, 1.54) is 11.3 Å². The maximum Gasteiger partial charge on any atom is 0.400 e. The molecule has 0 aromatic carbocycles. The van der Waals surface area contributed by atoms with Crippen molar-refractivity contribution in [3.05, 3.63) is 10.0 Å². The van der Waals surface area contributed by atoms with Crippen molar-refractivity contribution in [3.63, 3.8) is 0 Å². The maximum absolute atomic E-state index is 13.1. The van der Waals surface area contributed by atoms with Crippen LogP contribution in [0.3, 0.4) is 0 Å². The van der Waals surface area contributed by atoms with Gasteiger partial charge >= 0.3 is 6.18 Å². The molecule has 1 N–H and O–H groups in total. The Morgan fingerprint density at radius 3 is 2.14 bits per heavy atom. The van der Waals surface area contributed by atoms with Crippen molar-refractivity contribution in [2.24, 2.45) is 11.3 Å². The Morgan fingerprint density at radius 1 is 1.05 bits per heavy atom. The first-order valence-corrected chi connectivity index (χ1v) is 8.33. The van der Waals surface area contributed by atoms with E-state index in [4.69, 9.17) is 0 Å². The van der Waals surface area contributed by atoms with Crippen LogP contribution in [0.2, 0.25) is 0 Å². The fourth-order valence-corrected chi connectivity index (χ4v) is 5.92. The third-order valence-electron chi connectivity index (χ3n) is 6.30. The summed E-state index contributed by atoms with van der Waals surface area (Å²) in [6.07, 6.45) is -0.492. The summed E-state index contributed by atoms with van der Waals surface area (Å²) in [6, 6.07) is 0. The monoisotopic (exact) mass is 315 g/mol. The van der Waals surface area contributed by atoms with E-state index >= 15 is 0 Å². The van der Waals surface area contributed by atoms with Crippen LogP contribution in [0.5, 0.6) is 0 Å². The summed E-state index contributed by atoms with van der Waals surface area (Å²) >= 11 is 1.23. The predicted octanol–water partition coefficient (Wildman–Crippen LogP) is 2.77. The van der Waals surface area contributed by atoms with Crippen LogP contribution in [-0.2, 0) is 10.8 Å². The molecule has 3 nitrogen and oxygen atoms in total. The average Bonchev–Trinajstić information content (AvgIpc) is 2.92. The van der Waals surface area contributed by atoms with Crippen LogP contribution in [0.4, 0.5) is 13.2 Å². The highest BCUT2D eigenvalue weighted by atomic mass is 32.1. The van der Waals surface area contributed by atoms with Gasteiger partial charge in [-0.3, -0.25) is 0 Å². The van der Waals surface area contributed by atoms with E-state index in [9.17, 15) is 13.2 Å². The number of aromatic nitrogens is 2. The third kappa shape index (κ3) is 1.40. The molecule has 1 aromatic heterocycles. The molecule has 5 fully saturated rings.